The molecule has 0 amide bonds. The third-order valence-corrected chi connectivity index (χ3v) is 4.89. The van der Waals surface area contributed by atoms with Crippen LogP contribution in [0, 0.1) is 0 Å². The molecule has 1 aliphatic rings. The first-order valence-corrected chi connectivity index (χ1v) is 9.73. The van der Waals surface area contributed by atoms with Gasteiger partial charge in [0.15, 0.2) is 23.0 Å². The lowest BCUT2D eigenvalue weighted by molar-refractivity contribution is -0.00000784. The summed E-state index contributed by atoms with van der Waals surface area (Å²) in [4.78, 5) is 0. The van der Waals surface area contributed by atoms with Gasteiger partial charge in [0.2, 0.25) is 6.79 Å². The molecule has 0 unspecified atom stereocenters. The Morgan fingerprint density at radius 2 is 1.67 bits per heavy atom. The van der Waals surface area contributed by atoms with Crippen LogP contribution in [0.1, 0.15) is 16.7 Å². The highest BCUT2D eigenvalue weighted by Gasteiger charge is 2.14. The molecule has 30 heavy (non-hydrogen) atoms. The highest BCUT2D eigenvalue weighted by molar-refractivity contribution is 6.32. The molecule has 0 atom stereocenters. The smallest absolute Gasteiger partial charge is 0.231 e. The van der Waals surface area contributed by atoms with Gasteiger partial charge < -0.3 is 36.7 Å². The van der Waals surface area contributed by atoms with Crippen molar-refractivity contribution in [3.63, 3.8) is 0 Å². The number of hydrogen-bond acceptors (Lipinski definition) is 5. The number of hydrogen-bond donors (Lipinski definition) is 1. The van der Waals surface area contributed by atoms with Crippen molar-refractivity contribution in [2.75, 3.05) is 13.9 Å². The van der Waals surface area contributed by atoms with Crippen LogP contribution in [0.3, 0.4) is 0 Å². The molecule has 1 heterocycles. The Morgan fingerprint density at radius 1 is 0.900 bits per heavy atom. The topological polar surface area (TPSA) is 49.0 Å². The van der Waals surface area contributed by atoms with Crippen molar-refractivity contribution in [2.45, 2.75) is 19.7 Å². The van der Waals surface area contributed by atoms with E-state index >= 15 is 0 Å². The minimum absolute atomic E-state index is 0. The lowest BCUT2D eigenvalue weighted by Gasteiger charge is -2.15. The Morgan fingerprint density at radius 3 is 2.47 bits per heavy atom. The summed E-state index contributed by atoms with van der Waals surface area (Å²) < 4.78 is 22.2. The Hall–Kier alpha value is -2.60. The van der Waals surface area contributed by atoms with Crippen LogP contribution in [-0.2, 0) is 19.7 Å². The van der Waals surface area contributed by atoms with E-state index in [-0.39, 0.29) is 19.2 Å². The predicted octanol–water partition coefficient (Wildman–Crippen LogP) is 1.95. The number of rotatable bonds is 8. The molecule has 0 radical (unpaired) electrons. The molecule has 3 aromatic carbocycles. The third kappa shape index (κ3) is 5.30. The summed E-state index contributed by atoms with van der Waals surface area (Å²) >= 11 is 6.48. The van der Waals surface area contributed by atoms with Gasteiger partial charge in [0, 0.05) is 13.1 Å². The zero-order valence-electron chi connectivity index (χ0n) is 16.5. The summed E-state index contributed by atoms with van der Waals surface area (Å²) in [5.74, 6) is 2.75. The first kappa shape index (κ1) is 22.1. The summed E-state index contributed by atoms with van der Waals surface area (Å²) in [6, 6.07) is 19.7. The average Bonchev–Trinajstić information content (AvgIpc) is 3.21. The Balaban J connectivity index is 0.00000256. The van der Waals surface area contributed by atoms with E-state index in [2.05, 4.69) is 5.32 Å². The van der Waals surface area contributed by atoms with Crippen molar-refractivity contribution < 1.29 is 31.4 Å². The van der Waals surface area contributed by atoms with Gasteiger partial charge in [-0.2, -0.15) is 0 Å². The normalized spacial score (nSPS) is 11.7. The Labute approximate surface area is 187 Å². The molecule has 158 valence electrons. The molecule has 1 N–H and O–H groups in total. The zero-order valence-corrected chi connectivity index (χ0v) is 18.0. The molecule has 5 nitrogen and oxygen atoms in total. The van der Waals surface area contributed by atoms with Crippen molar-refractivity contribution in [3.05, 3.63) is 82.4 Å². The van der Waals surface area contributed by atoms with Crippen LogP contribution in [0.4, 0.5) is 0 Å². The third-order valence-electron chi connectivity index (χ3n) is 4.61. The van der Waals surface area contributed by atoms with Gasteiger partial charge in [0.1, 0.15) is 6.61 Å². The Kier molecular flexibility index (Phi) is 7.69. The summed E-state index contributed by atoms with van der Waals surface area (Å²) in [7, 11) is 1.62. The van der Waals surface area contributed by atoms with Crippen LogP contribution >= 0.6 is 11.6 Å². The van der Waals surface area contributed by atoms with E-state index in [0.717, 1.165) is 28.2 Å². The van der Waals surface area contributed by atoms with Crippen LogP contribution in [0.25, 0.3) is 0 Å². The minimum Gasteiger partial charge on any atom is -1.00 e. The molecule has 0 saturated carbocycles. The minimum atomic E-state index is 0. The van der Waals surface area contributed by atoms with E-state index in [4.69, 9.17) is 30.5 Å². The Bertz CT molecular complexity index is 982. The highest BCUT2D eigenvalue weighted by atomic mass is 35.5. The zero-order chi connectivity index (χ0) is 20.1. The fraction of sp³-hybridized carbons (Fsp3) is 0.217. The molecule has 0 spiro atoms. The largest absolute Gasteiger partial charge is 1.00 e. The molecular formula is C23H22Cl2NO4-. The number of halogens is 2. The molecular weight excluding hydrogens is 425 g/mol. The molecule has 7 heteroatoms. The monoisotopic (exact) mass is 446 g/mol. The number of nitrogens with one attached hydrogen (secondary N) is 1. The molecule has 0 aromatic heterocycles. The number of methoxy groups -OCH3 is 1. The van der Waals surface area contributed by atoms with Crippen molar-refractivity contribution in [1.29, 1.82) is 0 Å². The van der Waals surface area contributed by atoms with Crippen molar-refractivity contribution >= 4 is 11.6 Å². The predicted molar refractivity (Wildman–Crippen MR) is 112 cm³/mol. The summed E-state index contributed by atoms with van der Waals surface area (Å²) in [5, 5.41) is 3.94. The van der Waals surface area contributed by atoms with Crippen molar-refractivity contribution in [2.24, 2.45) is 0 Å². The van der Waals surface area contributed by atoms with E-state index < -0.39 is 0 Å². The molecule has 0 saturated heterocycles. The van der Waals surface area contributed by atoms with Crippen LogP contribution in [0.5, 0.6) is 23.0 Å². The maximum absolute atomic E-state index is 6.48. The van der Waals surface area contributed by atoms with Gasteiger partial charge >= 0.3 is 0 Å². The first-order valence-electron chi connectivity index (χ1n) is 9.35. The van der Waals surface area contributed by atoms with Crippen molar-refractivity contribution in [3.8, 4) is 23.0 Å². The van der Waals surface area contributed by atoms with Gasteiger partial charge in [-0.3, -0.25) is 0 Å². The van der Waals surface area contributed by atoms with Gasteiger partial charge in [-0.05, 0) is 41.0 Å². The van der Waals surface area contributed by atoms with E-state index in [0.29, 0.717) is 36.2 Å². The van der Waals surface area contributed by atoms with E-state index in [1.54, 1.807) is 7.11 Å². The lowest BCUT2D eigenvalue weighted by atomic mass is 10.1. The van der Waals surface area contributed by atoms with Crippen LogP contribution in [0.15, 0.2) is 60.7 Å². The van der Waals surface area contributed by atoms with Crippen LogP contribution < -0.4 is 36.7 Å². The van der Waals surface area contributed by atoms with E-state index in [1.165, 1.54) is 0 Å². The van der Waals surface area contributed by atoms with E-state index in [1.807, 2.05) is 60.7 Å². The number of ether oxygens (including phenoxy) is 4. The van der Waals surface area contributed by atoms with Crippen molar-refractivity contribution in [1.82, 2.24) is 5.32 Å². The highest BCUT2D eigenvalue weighted by Crippen LogP contribution is 2.37. The number of fused-ring (bicyclic) bond motifs is 1. The van der Waals surface area contributed by atoms with Gasteiger partial charge in [-0.25, -0.2) is 0 Å². The van der Waals surface area contributed by atoms with Gasteiger partial charge in [0.05, 0.1) is 12.1 Å². The van der Waals surface area contributed by atoms with E-state index in [9.17, 15) is 0 Å². The number of benzene rings is 3. The quantitative estimate of drug-likeness (QED) is 0.572. The molecule has 4 rings (SSSR count). The molecule has 1 aliphatic heterocycles. The second-order valence-electron chi connectivity index (χ2n) is 6.67. The molecule has 0 bridgehead atoms. The second kappa shape index (κ2) is 10.4. The molecule has 0 aliphatic carbocycles. The molecule has 0 fully saturated rings. The van der Waals surface area contributed by atoms with Gasteiger partial charge in [0.25, 0.3) is 0 Å². The average molecular weight is 447 g/mol. The summed E-state index contributed by atoms with van der Waals surface area (Å²) in [6.07, 6.45) is 0. The summed E-state index contributed by atoms with van der Waals surface area (Å²) in [5.41, 5.74) is 3.20. The maximum Gasteiger partial charge on any atom is 0.231 e. The van der Waals surface area contributed by atoms with Gasteiger partial charge in [-0.15, -0.1) is 0 Å². The maximum atomic E-state index is 6.48. The fourth-order valence-electron chi connectivity index (χ4n) is 3.15. The SMILES string of the molecule is COc1cc(CNCc2ccc3c(c2)OCO3)cc(Cl)c1OCc1ccccc1.[Cl-]. The fourth-order valence-corrected chi connectivity index (χ4v) is 3.44. The first-order chi connectivity index (χ1) is 14.2. The van der Waals surface area contributed by atoms with Crippen LogP contribution in [-0.4, -0.2) is 13.9 Å². The van der Waals surface area contributed by atoms with Crippen LogP contribution in [0.2, 0.25) is 5.02 Å². The lowest BCUT2D eigenvalue weighted by Crippen LogP contribution is -3.00. The molecule has 3 aromatic rings. The second-order valence-corrected chi connectivity index (χ2v) is 7.08. The van der Waals surface area contributed by atoms with Gasteiger partial charge in [-0.1, -0.05) is 48.0 Å². The standard InChI is InChI=1S/C23H22ClNO4.ClH/c1-26-22-11-18(9-19(24)23(22)27-14-16-5-3-2-4-6-16)13-25-12-17-7-8-20-21(10-17)29-15-28-20;/h2-11,25H,12-15H2,1H3;1H/p-1. The summed E-state index contributed by atoms with van der Waals surface area (Å²) in [6.45, 7) is 2.05.